The van der Waals surface area contributed by atoms with Crippen molar-refractivity contribution in [1.29, 1.82) is 0 Å². The molecule has 2 rings (SSSR count). The molecule has 0 amide bonds. The van der Waals surface area contributed by atoms with Crippen molar-refractivity contribution < 1.29 is 0 Å². The topological polar surface area (TPSA) is 0 Å². The zero-order chi connectivity index (χ0) is 9.04. The molecule has 2 heteroatoms. The van der Waals surface area contributed by atoms with Gasteiger partial charge < -0.3 is 0 Å². The molecular formula is C10H19ClSi. The van der Waals surface area contributed by atoms with Crippen molar-refractivity contribution in [1.82, 2.24) is 0 Å². The largest absolute Gasteiger partial charge is 0.119 e. The van der Waals surface area contributed by atoms with Gasteiger partial charge in [0.25, 0.3) is 0 Å². The molecule has 2 aliphatic rings. The average molecular weight is 203 g/mol. The van der Waals surface area contributed by atoms with E-state index in [-0.39, 0.29) is 4.87 Å². The Hall–Kier alpha value is 0.507. The molecule has 0 aromatic heterocycles. The SMILES string of the molecule is C[Si](C)(C)C12CCCCC1(Cl)C2. The second-order valence-corrected chi connectivity index (χ2v) is 11.9. The fourth-order valence-electron chi connectivity index (χ4n) is 3.22. The maximum Gasteiger partial charge on any atom is 0.0528 e. The highest BCUT2D eigenvalue weighted by molar-refractivity contribution is 6.81. The number of alkyl halides is 1. The number of hydrogen-bond acceptors (Lipinski definition) is 0. The van der Waals surface area contributed by atoms with Crippen molar-refractivity contribution in [2.24, 2.45) is 0 Å². The van der Waals surface area contributed by atoms with Gasteiger partial charge in [-0.1, -0.05) is 32.5 Å². The van der Waals surface area contributed by atoms with Crippen LogP contribution in [-0.2, 0) is 0 Å². The number of halogens is 1. The Morgan fingerprint density at radius 3 is 2.08 bits per heavy atom. The zero-order valence-electron chi connectivity index (χ0n) is 8.41. The van der Waals surface area contributed by atoms with Crippen LogP contribution in [0.15, 0.2) is 0 Å². The fraction of sp³-hybridized carbons (Fsp3) is 1.00. The van der Waals surface area contributed by atoms with Gasteiger partial charge in [0.05, 0.1) is 8.07 Å². The van der Waals surface area contributed by atoms with Gasteiger partial charge in [-0.2, -0.15) is 0 Å². The van der Waals surface area contributed by atoms with Gasteiger partial charge in [-0.05, 0) is 24.3 Å². The van der Waals surface area contributed by atoms with Gasteiger partial charge in [0, 0.05) is 4.87 Å². The van der Waals surface area contributed by atoms with E-state index in [9.17, 15) is 0 Å². The first kappa shape index (κ1) is 9.08. The Kier molecular flexibility index (Phi) is 1.74. The summed E-state index contributed by atoms with van der Waals surface area (Å²) in [6, 6.07) is 0. The molecule has 2 unspecified atom stereocenters. The predicted molar refractivity (Wildman–Crippen MR) is 57.7 cm³/mol. The van der Waals surface area contributed by atoms with Crippen LogP contribution in [-0.4, -0.2) is 12.9 Å². The van der Waals surface area contributed by atoms with Crippen LogP contribution in [0, 0.1) is 0 Å². The van der Waals surface area contributed by atoms with Crippen LogP contribution >= 0.6 is 11.6 Å². The van der Waals surface area contributed by atoms with E-state index >= 15 is 0 Å². The van der Waals surface area contributed by atoms with Gasteiger partial charge in [0.15, 0.2) is 0 Å². The Balaban J connectivity index is 2.24. The monoisotopic (exact) mass is 202 g/mol. The molecule has 2 aliphatic carbocycles. The summed E-state index contributed by atoms with van der Waals surface area (Å²) in [5.74, 6) is 0. The van der Waals surface area contributed by atoms with E-state index in [1.54, 1.807) is 0 Å². The predicted octanol–water partition coefficient (Wildman–Crippen LogP) is 4.02. The third-order valence-corrected chi connectivity index (χ3v) is 8.80. The van der Waals surface area contributed by atoms with Crippen LogP contribution in [0.2, 0.25) is 24.7 Å². The zero-order valence-corrected chi connectivity index (χ0v) is 10.2. The molecule has 2 atom stereocenters. The first-order chi connectivity index (χ1) is 5.41. The lowest BCUT2D eigenvalue weighted by Gasteiger charge is -2.36. The normalized spacial score (nSPS) is 47.0. The summed E-state index contributed by atoms with van der Waals surface area (Å²) >= 11 is 6.62. The van der Waals surface area contributed by atoms with E-state index in [1.165, 1.54) is 32.1 Å². The summed E-state index contributed by atoms with van der Waals surface area (Å²) in [6.45, 7) is 7.47. The van der Waals surface area contributed by atoms with Crippen molar-refractivity contribution in [2.75, 3.05) is 0 Å². The van der Waals surface area contributed by atoms with Crippen LogP contribution < -0.4 is 0 Å². The lowest BCUT2D eigenvalue weighted by molar-refractivity contribution is 0.499. The summed E-state index contributed by atoms with van der Waals surface area (Å²) in [5.41, 5.74) is 0. The van der Waals surface area contributed by atoms with Gasteiger partial charge in [-0.15, -0.1) is 11.6 Å². The highest BCUT2D eigenvalue weighted by Crippen LogP contribution is 2.78. The molecule has 2 fully saturated rings. The molecule has 0 N–H and O–H groups in total. The van der Waals surface area contributed by atoms with Crippen molar-refractivity contribution in [3.05, 3.63) is 0 Å². The highest BCUT2D eigenvalue weighted by atomic mass is 35.5. The molecule has 0 nitrogen and oxygen atoms in total. The van der Waals surface area contributed by atoms with E-state index in [4.69, 9.17) is 11.6 Å². The standard InChI is InChI=1S/C10H19ClSi/c1-12(2,3)10-7-5-4-6-9(10,11)8-10/h4-8H2,1-3H3. The van der Waals surface area contributed by atoms with Crippen molar-refractivity contribution in [3.63, 3.8) is 0 Å². The molecule has 0 aromatic rings. The summed E-state index contributed by atoms with van der Waals surface area (Å²) in [4.78, 5) is 0.260. The van der Waals surface area contributed by atoms with Gasteiger partial charge in [0.2, 0.25) is 0 Å². The van der Waals surface area contributed by atoms with Gasteiger partial charge in [-0.3, -0.25) is 0 Å². The van der Waals surface area contributed by atoms with Gasteiger partial charge in [-0.25, -0.2) is 0 Å². The quantitative estimate of drug-likeness (QED) is 0.445. The van der Waals surface area contributed by atoms with E-state index in [0.717, 1.165) is 0 Å². The summed E-state index contributed by atoms with van der Waals surface area (Å²) in [7, 11) is -1.01. The first-order valence-electron chi connectivity index (χ1n) is 5.10. The minimum Gasteiger partial charge on any atom is -0.119 e. The van der Waals surface area contributed by atoms with Crippen LogP contribution in [0.25, 0.3) is 0 Å². The summed E-state index contributed by atoms with van der Waals surface area (Å²) in [5, 5.41) is 0.625. The molecule has 0 radical (unpaired) electrons. The molecule has 70 valence electrons. The molecule has 0 saturated heterocycles. The Labute approximate surface area is 81.7 Å². The van der Waals surface area contributed by atoms with E-state index in [2.05, 4.69) is 19.6 Å². The van der Waals surface area contributed by atoms with Gasteiger partial charge in [0.1, 0.15) is 0 Å². The Bertz CT molecular complexity index is 204. The lowest BCUT2D eigenvalue weighted by atomic mass is 9.99. The molecule has 0 spiro atoms. The third-order valence-electron chi connectivity index (χ3n) is 4.18. The molecular weight excluding hydrogens is 184 g/mol. The molecule has 2 saturated carbocycles. The molecule has 0 bridgehead atoms. The number of rotatable bonds is 1. The second kappa shape index (κ2) is 2.30. The van der Waals surface area contributed by atoms with Crippen LogP contribution in [0.1, 0.15) is 32.1 Å². The fourth-order valence-corrected chi connectivity index (χ4v) is 7.87. The molecule has 0 heterocycles. The maximum atomic E-state index is 6.62. The smallest absolute Gasteiger partial charge is 0.0528 e. The third kappa shape index (κ3) is 0.957. The minimum atomic E-state index is -1.01. The summed E-state index contributed by atoms with van der Waals surface area (Å²) in [6.07, 6.45) is 6.84. The summed E-state index contributed by atoms with van der Waals surface area (Å²) < 4.78 is 0. The first-order valence-corrected chi connectivity index (χ1v) is 8.98. The van der Waals surface area contributed by atoms with E-state index in [0.29, 0.717) is 5.04 Å². The number of hydrogen-bond donors (Lipinski definition) is 0. The lowest BCUT2D eigenvalue weighted by Crippen LogP contribution is -2.36. The van der Waals surface area contributed by atoms with Crippen molar-refractivity contribution in [3.8, 4) is 0 Å². The van der Waals surface area contributed by atoms with Crippen molar-refractivity contribution in [2.45, 2.75) is 61.7 Å². The minimum absolute atomic E-state index is 0.260. The highest BCUT2D eigenvalue weighted by Gasteiger charge is 2.71. The molecule has 0 aromatic carbocycles. The molecule has 0 aliphatic heterocycles. The van der Waals surface area contributed by atoms with E-state index in [1.807, 2.05) is 0 Å². The van der Waals surface area contributed by atoms with Crippen LogP contribution in [0.5, 0.6) is 0 Å². The second-order valence-electron chi connectivity index (χ2n) is 5.68. The Morgan fingerprint density at radius 1 is 1.08 bits per heavy atom. The number of fused-ring (bicyclic) bond motifs is 1. The average Bonchev–Trinajstić information content (AvgIpc) is 2.54. The maximum absolute atomic E-state index is 6.62. The van der Waals surface area contributed by atoms with Crippen LogP contribution in [0.4, 0.5) is 0 Å². The molecule has 12 heavy (non-hydrogen) atoms. The van der Waals surface area contributed by atoms with Crippen LogP contribution in [0.3, 0.4) is 0 Å². The van der Waals surface area contributed by atoms with Gasteiger partial charge >= 0.3 is 0 Å². The van der Waals surface area contributed by atoms with E-state index < -0.39 is 8.07 Å². The Morgan fingerprint density at radius 2 is 1.67 bits per heavy atom. The van der Waals surface area contributed by atoms with Crippen molar-refractivity contribution >= 4 is 19.7 Å².